The summed E-state index contributed by atoms with van der Waals surface area (Å²) < 4.78 is 34.9. The number of halogens is 1. The molecule has 0 spiro atoms. The Morgan fingerprint density at radius 2 is 1.62 bits per heavy atom. The number of hydrogen-bond acceptors (Lipinski definition) is 5. The van der Waals surface area contributed by atoms with Gasteiger partial charge in [-0.25, -0.2) is 8.42 Å². The third-order valence-electron chi connectivity index (χ3n) is 6.16. The first-order valence-electron chi connectivity index (χ1n) is 12.8. The molecule has 3 aromatic carbocycles. The third-order valence-corrected chi connectivity index (χ3v) is 8.44. The van der Waals surface area contributed by atoms with Gasteiger partial charge in [0.1, 0.15) is 18.3 Å². The van der Waals surface area contributed by atoms with Gasteiger partial charge in [0.15, 0.2) is 0 Å². The highest BCUT2D eigenvalue weighted by molar-refractivity contribution is 9.10. The number of hydrogen-bond donors (Lipinski definition) is 1. The van der Waals surface area contributed by atoms with Gasteiger partial charge in [0.25, 0.3) is 10.0 Å². The van der Waals surface area contributed by atoms with Gasteiger partial charge in [-0.05, 0) is 88.7 Å². The van der Waals surface area contributed by atoms with Gasteiger partial charge < -0.3 is 15.0 Å². The van der Waals surface area contributed by atoms with E-state index < -0.39 is 34.1 Å². The first-order chi connectivity index (χ1) is 18.7. The highest BCUT2D eigenvalue weighted by atomic mass is 79.9. The molecule has 40 heavy (non-hydrogen) atoms. The number of aryl methyl sites for hydroxylation is 1. The molecular weight excluding hydrogens is 594 g/mol. The van der Waals surface area contributed by atoms with Crippen LogP contribution in [-0.2, 0) is 26.2 Å². The quantitative estimate of drug-likeness (QED) is 0.329. The SMILES string of the molecule is COc1ccc(N(CC(=O)N(Cc2cccc(Br)c2)[C@@H](C)C(=O)NC(C)(C)C)S(=O)(=O)c2ccc(C)cc2)cc1. The van der Waals surface area contributed by atoms with Crippen LogP contribution >= 0.6 is 15.9 Å². The van der Waals surface area contributed by atoms with E-state index in [1.54, 1.807) is 43.3 Å². The Hall–Kier alpha value is -3.37. The predicted octanol–water partition coefficient (Wildman–Crippen LogP) is 5.29. The molecule has 0 aromatic heterocycles. The summed E-state index contributed by atoms with van der Waals surface area (Å²) >= 11 is 3.45. The van der Waals surface area contributed by atoms with Gasteiger partial charge in [0.05, 0.1) is 17.7 Å². The highest BCUT2D eigenvalue weighted by Gasteiger charge is 2.33. The number of nitrogens with zero attached hydrogens (tertiary/aromatic N) is 2. The molecule has 0 saturated carbocycles. The van der Waals surface area contributed by atoms with E-state index >= 15 is 0 Å². The smallest absolute Gasteiger partial charge is 0.264 e. The number of carbonyl (C=O) groups excluding carboxylic acids is 2. The number of carbonyl (C=O) groups is 2. The molecule has 0 saturated heterocycles. The van der Waals surface area contributed by atoms with Crippen LogP contribution in [0.2, 0.25) is 0 Å². The Morgan fingerprint density at radius 3 is 2.17 bits per heavy atom. The van der Waals surface area contributed by atoms with E-state index in [9.17, 15) is 18.0 Å². The average molecular weight is 631 g/mol. The van der Waals surface area contributed by atoms with Crippen LogP contribution in [0.5, 0.6) is 5.75 Å². The van der Waals surface area contributed by atoms with Crippen LogP contribution in [0, 0.1) is 6.92 Å². The predicted molar refractivity (Wildman–Crippen MR) is 161 cm³/mol. The average Bonchev–Trinajstić information content (AvgIpc) is 2.89. The fourth-order valence-electron chi connectivity index (χ4n) is 4.00. The van der Waals surface area contributed by atoms with Crippen molar-refractivity contribution in [3.63, 3.8) is 0 Å². The lowest BCUT2D eigenvalue weighted by molar-refractivity contribution is -0.140. The number of rotatable bonds is 10. The van der Waals surface area contributed by atoms with Crippen LogP contribution in [0.25, 0.3) is 0 Å². The molecule has 3 aromatic rings. The van der Waals surface area contributed by atoms with Crippen LogP contribution in [0.3, 0.4) is 0 Å². The molecular formula is C30H36BrN3O5S. The van der Waals surface area contributed by atoms with Gasteiger partial charge in [0, 0.05) is 16.6 Å². The second kappa shape index (κ2) is 12.9. The van der Waals surface area contributed by atoms with Crippen molar-refractivity contribution in [2.75, 3.05) is 18.0 Å². The molecule has 1 atom stereocenters. The van der Waals surface area contributed by atoms with E-state index in [0.29, 0.717) is 11.4 Å². The summed E-state index contributed by atoms with van der Waals surface area (Å²) in [5.41, 5.74) is 1.48. The number of benzene rings is 3. The van der Waals surface area contributed by atoms with Crippen LogP contribution in [-0.4, -0.2) is 50.4 Å². The summed E-state index contributed by atoms with van der Waals surface area (Å²) in [6, 6.07) is 19.4. The Bertz CT molecular complexity index is 1440. The Morgan fingerprint density at radius 1 is 1.00 bits per heavy atom. The van der Waals surface area contributed by atoms with Crippen molar-refractivity contribution >= 4 is 43.5 Å². The molecule has 2 amide bonds. The number of amides is 2. The van der Waals surface area contributed by atoms with Gasteiger partial charge in [0.2, 0.25) is 11.8 Å². The van der Waals surface area contributed by atoms with Gasteiger partial charge in [-0.15, -0.1) is 0 Å². The summed E-state index contributed by atoms with van der Waals surface area (Å²) in [6.45, 7) is 8.68. The maximum absolute atomic E-state index is 14.0. The van der Waals surface area contributed by atoms with Crippen molar-refractivity contribution in [1.82, 2.24) is 10.2 Å². The van der Waals surface area contributed by atoms with Crippen molar-refractivity contribution in [3.05, 3.63) is 88.4 Å². The molecule has 0 aliphatic rings. The summed E-state index contributed by atoms with van der Waals surface area (Å²) in [6.07, 6.45) is 0. The van der Waals surface area contributed by atoms with Crippen LogP contribution in [0.1, 0.15) is 38.8 Å². The maximum atomic E-state index is 14.0. The van der Waals surface area contributed by atoms with Gasteiger partial charge in [-0.1, -0.05) is 45.8 Å². The zero-order valence-electron chi connectivity index (χ0n) is 23.6. The molecule has 0 heterocycles. The lowest BCUT2D eigenvalue weighted by atomic mass is 10.1. The Labute approximate surface area is 245 Å². The Kier molecular flexibility index (Phi) is 10.0. The third kappa shape index (κ3) is 8.08. The molecule has 214 valence electrons. The second-order valence-electron chi connectivity index (χ2n) is 10.6. The summed E-state index contributed by atoms with van der Waals surface area (Å²) in [4.78, 5) is 28.6. The molecule has 0 aliphatic carbocycles. The monoisotopic (exact) mass is 629 g/mol. The molecule has 0 fully saturated rings. The first-order valence-corrected chi connectivity index (χ1v) is 15.0. The fourth-order valence-corrected chi connectivity index (χ4v) is 5.86. The van der Waals surface area contributed by atoms with Gasteiger partial charge >= 0.3 is 0 Å². The number of sulfonamides is 1. The minimum Gasteiger partial charge on any atom is -0.497 e. The van der Waals surface area contributed by atoms with Crippen molar-refractivity contribution in [2.45, 2.75) is 57.6 Å². The standard InChI is InChI=1S/C30H36BrN3O5S/c1-21-10-16-27(17-11-21)40(37,38)34(25-12-14-26(39-6)15-13-25)20-28(35)33(19-23-8-7-9-24(31)18-23)22(2)29(36)32-30(3,4)5/h7-18,22H,19-20H2,1-6H3,(H,32,36)/t22-/m0/s1. The molecule has 3 rings (SSSR count). The van der Waals surface area contributed by atoms with E-state index in [1.165, 1.54) is 24.1 Å². The van der Waals surface area contributed by atoms with Gasteiger partial charge in [-0.3, -0.25) is 13.9 Å². The molecule has 0 aliphatic heterocycles. The minimum absolute atomic E-state index is 0.0544. The van der Waals surface area contributed by atoms with Crippen molar-refractivity contribution in [2.24, 2.45) is 0 Å². The first kappa shape index (κ1) is 31.2. The molecule has 0 radical (unpaired) electrons. The van der Waals surface area contributed by atoms with E-state index in [0.717, 1.165) is 19.9 Å². The lowest BCUT2D eigenvalue weighted by Gasteiger charge is -2.33. The molecule has 10 heteroatoms. The largest absolute Gasteiger partial charge is 0.497 e. The number of nitrogens with one attached hydrogen (secondary N) is 1. The molecule has 0 unspecified atom stereocenters. The van der Waals surface area contributed by atoms with Crippen LogP contribution in [0.4, 0.5) is 5.69 Å². The lowest BCUT2D eigenvalue weighted by Crippen LogP contribution is -2.54. The summed E-state index contributed by atoms with van der Waals surface area (Å²) in [7, 11) is -2.62. The maximum Gasteiger partial charge on any atom is 0.264 e. The molecule has 1 N–H and O–H groups in total. The van der Waals surface area contributed by atoms with E-state index in [2.05, 4.69) is 21.2 Å². The number of ether oxygens (including phenoxy) is 1. The minimum atomic E-state index is -4.14. The van der Waals surface area contributed by atoms with E-state index in [1.807, 2.05) is 52.0 Å². The van der Waals surface area contributed by atoms with E-state index in [-0.39, 0.29) is 17.3 Å². The normalized spacial score (nSPS) is 12.4. The zero-order chi connectivity index (χ0) is 29.7. The summed E-state index contributed by atoms with van der Waals surface area (Å²) in [5.74, 6) is -0.317. The van der Waals surface area contributed by atoms with Crippen LogP contribution in [0.15, 0.2) is 82.2 Å². The topological polar surface area (TPSA) is 96.0 Å². The van der Waals surface area contributed by atoms with E-state index in [4.69, 9.17) is 4.74 Å². The van der Waals surface area contributed by atoms with Gasteiger partial charge in [-0.2, -0.15) is 0 Å². The molecule has 0 bridgehead atoms. The van der Waals surface area contributed by atoms with Crippen LogP contribution < -0.4 is 14.4 Å². The highest BCUT2D eigenvalue weighted by Crippen LogP contribution is 2.27. The number of anilines is 1. The Balaban J connectivity index is 2.04. The summed E-state index contributed by atoms with van der Waals surface area (Å²) in [5, 5.41) is 2.92. The zero-order valence-corrected chi connectivity index (χ0v) is 26.0. The fraction of sp³-hybridized carbons (Fsp3) is 0.333. The number of methoxy groups -OCH3 is 1. The van der Waals surface area contributed by atoms with Crippen molar-refractivity contribution < 1.29 is 22.7 Å². The van der Waals surface area contributed by atoms with Crippen molar-refractivity contribution in [1.29, 1.82) is 0 Å². The molecule has 8 nitrogen and oxygen atoms in total. The second-order valence-corrected chi connectivity index (χ2v) is 13.4. The van der Waals surface area contributed by atoms with Crippen molar-refractivity contribution in [3.8, 4) is 5.75 Å².